The van der Waals surface area contributed by atoms with Crippen LogP contribution in [0.5, 0.6) is 5.75 Å². The Morgan fingerprint density at radius 1 is 1.23 bits per heavy atom. The number of carbonyl (C=O) groups is 1. The summed E-state index contributed by atoms with van der Waals surface area (Å²) >= 11 is 0. The fraction of sp³-hybridized carbons (Fsp3) is 0.611. The quantitative estimate of drug-likeness (QED) is 0.388. The van der Waals surface area contributed by atoms with Gasteiger partial charge in [-0.15, -0.1) is 0 Å². The zero-order valence-electron chi connectivity index (χ0n) is 16.5. The van der Waals surface area contributed by atoms with E-state index >= 15 is 0 Å². The smallest absolute Gasteiger partial charge is 0.408 e. The Kier molecular flexibility index (Phi) is 8.15. The lowest BCUT2D eigenvalue weighted by molar-refractivity contribution is 0.0474. The van der Waals surface area contributed by atoms with Gasteiger partial charge in [0.1, 0.15) is 18.0 Å². The standard InChI is InChI=1S/C18H31N5O3/c1-17(2,3)26-16(24)23-18(4,5)13-22-15(19-6)21-10-11-25-14-8-7-9-20-12-14/h7-9,12H,10-11,13H2,1-6H3,(H,23,24)(H2,19,21,22). The van der Waals surface area contributed by atoms with Crippen molar-refractivity contribution in [1.29, 1.82) is 0 Å². The second-order valence-corrected chi connectivity index (χ2v) is 7.40. The van der Waals surface area contributed by atoms with Crippen LogP contribution in [0.15, 0.2) is 29.5 Å². The van der Waals surface area contributed by atoms with Gasteiger partial charge >= 0.3 is 6.09 Å². The molecule has 0 saturated carbocycles. The van der Waals surface area contributed by atoms with E-state index in [2.05, 4.69) is 25.9 Å². The van der Waals surface area contributed by atoms with Crippen LogP contribution < -0.4 is 20.7 Å². The molecule has 0 aliphatic carbocycles. The number of hydrogen-bond donors (Lipinski definition) is 3. The summed E-state index contributed by atoms with van der Waals surface area (Å²) in [4.78, 5) is 20.1. The van der Waals surface area contributed by atoms with Crippen molar-refractivity contribution < 1.29 is 14.3 Å². The summed E-state index contributed by atoms with van der Waals surface area (Å²) in [6, 6.07) is 3.67. The number of aromatic nitrogens is 1. The Hall–Kier alpha value is -2.51. The van der Waals surface area contributed by atoms with Gasteiger partial charge in [-0.3, -0.25) is 9.98 Å². The van der Waals surface area contributed by atoms with Crippen LogP contribution in [0.3, 0.4) is 0 Å². The third-order valence-corrected chi connectivity index (χ3v) is 3.06. The number of hydrogen-bond acceptors (Lipinski definition) is 5. The van der Waals surface area contributed by atoms with Crippen LogP contribution in [0, 0.1) is 0 Å². The number of nitrogens with zero attached hydrogens (tertiary/aromatic N) is 2. The van der Waals surface area contributed by atoms with E-state index in [0.29, 0.717) is 25.7 Å². The van der Waals surface area contributed by atoms with Crippen LogP contribution in [0.1, 0.15) is 34.6 Å². The minimum absolute atomic E-state index is 0.447. The minimum atomic E-state index is -0.528. The molecule has 0 saturated heterocycles. The third-order valence-electron chi connectivity index (χ3n) is 3.06. The highest BCUT2D eigenvalue weighted by Crippen LogP contribution is 2.09. The molecular weight excluding hydrogens is 334 g/mol. The summed E-state index contributed by atoms with van der Waals surface area (Å²) < 4.78 is 10.8. The van der Waals surface area contributed by atoms with Gasteiger partial charge in [-0.25, -0.2) is 4.79 Å². The highest BCUT2D eigenvalue weighted by Gasteiger charge is 2.24. The van der Waals surface area contributed by atoms with Gasteiger partial charge in [0.2, 0.25) is 0 Å². The number of pyridine rings is 1. The molecule has 26 heavy (non-hydrogen) atoms. The molecule has 0 unspecified atom stereocenters. The molecule has 0 spiro atoms. The molecule has 1 amide bonds. The molecule has 0 fully saturated rings. The molecule has 1 aromatic heterocycles. The predicted octanol–water partition coefficient (Wildman–Crippen LogP) is 1.93. The lowest BCUT2D eigenvalue weighted by Gasteiger charge is -2.29. The number of ether oxygens (including phenoxy) is 2. The van der Waals surface area contributed by atoms with Crippen molar-refractivity contribution in [2.45, 2.75) is 45.8 Å². The van der Waals surface area contributed by atoms with Crippen molar-refractivity contribution in [1.82, 2.24) is 20.9 Å². The Labute approximate surface area is 155 Å². The van der Waals surface area contributed by atoms with Crippen molar-refractivity contribution in [3.05, 3.63) is 24.5 Å². The maximum absolute atomic E-state index is 11.9. The molecule has 8 nitrogen and oxygen atoms in total. The first-order valence-corrected chi connectivity index (χ1v) is 8.60. The summed E-state index contributed by atoms with van der Waals surface area (Å²) in [7, 11) is 1.69. The normalized spacial score (nSPS) is 12.3. The molecule has 0 aromatic carbocycles. The Balaban J connectivity index is 2.32. The summed E-state index contributed by atoms with van der Waals surface area (Å²) in [5.41, 5.74) is -1.04. The zero-order chi connectivity index (χ0) is 19.6. The van der Waals surface area contributed by atoms with Gasteiger partial charge in [0.05, 0.1) is 18.3 Å². The fourth-order valence-electron chi connectivity index (χ4n) is 1.92. The molecule has 1 rings (SSSR count). The number of rotatable bonds is 7. The Morgan fingerprint density at radius 2 is 1.96 bits per heavy atom. The lowest BCUT2D eigenvalue weighted by atomic mass is 10.1. The average molecular weight is 365 g/mol. The second kappa shape index (κ2) is 9.84. The van der Waals surface area contributed by atoms with E-state index in [1.54, 1.807) is 19.4 Å². The molecule has 0 aliphatic rings. The van der Waals surface area contributed by atoms with E-state index in [1.807, 2.05) is 46.8 Å². The van der Waals surface area contributed by atoms with E-state index in [1.165, 1.54) is 0 Å². The summed E-state index contributed by atoms with van der Waals surface area (Å²) in [5, 5.41) is 9.17. The van der Waals surface area contributed by atoms with Gasteiger partial charge in [0.15, 0.2) is 5.96 Å². The number of amides is 1. The van der Waals surface area contributed by atoms with Gasteiger partial charge < -0.3 is 25.4 Å². The van der Waals surface area contributed by atoms with Gasteiger partial charge in [-0.1, -0.05) is 0 Å². The zero-order valence-corrected chi connectivity index (χ0v) is 16.5. The molecule has 8 heteroatoms. The molecule has 0 radical (unpaired) electrons. The van der Waals surface area contributed by atoms with E-state index in [-0.39, 0.29) is 0 Å². The van der Waals surface area contributed by atoms with Gasteiger partial charge in [0, 0.05) is 19.8 Å². The molecule has 0 atom stereocenters. The number of carbonyl (C=O) groups excluding carboxylic acids is 1. The van der Waals surface area contributed by atoms with E-state index < -0.39 is 17.2 Å². The lowest BCUT2D eigenvalue weighted by Crippen LogP contribution is -2.54. The number of guanidine groups is 1. The van der Waals surface area contributed by atoms with E-state index in [0.717, 1.165) is 5.75 Å². The number of alkyl carbamates (subject to hydrolysis) is 1. The summed E-state index contributed by atoms with van der Waals surface area (Å²) in [6.07, 6.45) is 2.92. The SMILES string of the molecule is CN=C(NCCOc1cccnc1)NCC(C)(C)NC(=O)OC(C)(C)C. The predicted molar refractivity (Wildman–Crippen MR) is 103 cm³/mol. The van der Waals surface area contributed by atoms with E-state index in [4.69, 9.17) is 9.47 Å². The van der Waals surface area contributed by atoms with Crippen LogP contribution in [0.2, 0.25) is 0 Å². The van der Waals surface area contributed by atoms with Gasteiger partial charge in [0.25, 0.3) is 0 Å². The first kappa shape index (κ1) is 21.5. The fourth-order valence-corrected chi connectivity index (χ4v) is 1.92. The second-order valence-electron chi connectivity index (χ2n) is 7.40. The molecule has 1 heterocycles. The molecule has 1 aromatic rings. The molecular formula is C18H31N5O3. The largest absolute Gasteiger partial charge is 0.490 e. The van der Waals surface area contributed by atoms with Crippen LogP contribution in [-0.4, -0.2) is 54.9 Å². The maximum Gasteiger partial charge on any atom is 0.408 e. The molecule has 146 valence electrons. The topological polar surface area (TPSA) is 96.9 Å². The highest BCUT2D eigenvalue weighted by molar-refractivity contribution is 5.79. The minimum Gasteiger partial charge on any atom is -0.490 e. The third kappa shape index (κ3) is 9.71. The first-order valence-electron chi connectivity index (χ1n) is 8.60. The van der Waals surface area contributed by atoms with Gasteiger partial charge in [-0.2, -0.15) is 0 Å². The maximum atomic E-state index is 11.9. The monoisotopic (exact) mass is 365 g/mol. The van der Waals surface area contributed by atoms with Crippen molar-refractivity contribution in [3.63, 3.8) is 0 Å². The van der Waals surface area contributed by atoms with Crippen molar-refractivity contribution in [2.75, 3.05) is 26.7 Å². The first-order chi connectivity index (χ1) is 12.1. The molecule has 3 N–H and O–H groups in total. The molecule has 0 bridgehead atoms. The Bertz CT molecular complexity index is 582. The molecule has 0 aliphatic heterocycles. The number of nitrogens with one attached hydrogen (secondary N) is 3. The number of aliphatic imine (C=N–C) groups is 1. The van der Waals surface area contributed by atoms with Crippen molar-refractivity contribution in [2.24, 2.45) is 4.99 Å². The van der Waals surface area contributed by atoms with Crippen molar-refractivity contribution in [3.8, 4) is 5.75 Å². The van der Waals surface area contributed by atoms with Crippen LogP contribution >= 0.6 is 0 Å². The highest BCUT2D eigenvalue weighted by atomic mass is 16.6. The van der Waals surface area contributed by atoms with Crippen LogP contribution in [0.4, 0.5) is 4.79 Å². The Morgan fingerprint density at radius 3 is 2.54 bits per heavy atom. The van der Waals surface area contributed by atoms with E-state index in [9.17, 15) is 4.79 Å². The van der Waals surface area contributed by atoms with Crippen LogP contribution in [-0.2, 0) is 4.74 Å². The van der Waals surface area contributed by atoms with Crippen LogP contribution in [0.25, 0.3) is 0 Å². The summed E-state index contributed by atoms with van der Waals surface area (Å²) in [5.74, 6) is 1.35. The average Bonchev–Trinajstić information content (AvgIpc) is 2.52. The van der Waals surface area contributed by atoms with Gasteiger partial charge in [-0.05, 0) is 46.8 Å². The van der Waals surface area contributed by atoms with Crippen molar-refractivity contribution >= 4 is 12.1 Å². The summed E-state index contributed by atoms with van der Waals surface area (Å²) in [6.45, 7) is 10.8.